The number of halogens is 2. The summed E-state index contributed by atoms with van der Waals surface area (Å²) in [6.07, 6.45) is 1.55. The van der Waals surface area contributed by atoms with E-state index in [4.69, 9.17) is 27.9 Å². The molecule has 1 aromatic heterocycles. The number of aromatic nitrogens is 1. The minimum atomic E-state index is 0.182. The van der Waals surface area contributed by atoms with Gasteiger partial charge in [0.15, 0.2) is 0 Å². The molecule has 1 saturated carbocycles. The Hall–Kier alpha value is -0.350. The number of ether oxygens (including phenoxy) is 1. The second-order valence-corrected chi connectivity index (χ2v) is 7.28. The van der Waals surface area contributed by atoms with E-state index in [1.165, 1.54) is 0 Å². The van der Waals surface area contributed by atoms with Crippen molar-refractivity contribution in [3.8, 4) is 0 Å². The van der Waals surface area contributed by atoms with Crippen molar-refractivity contribution in [2.24, 2.45) is 11.3 Å². The van der Waals surface area contributed by atoms with Crippen LogP contribution < -0.4 is 0 Å². The van der Waals surface area contributed by atoms with Gasteiger partial charge in [-0.2, -0.15) is 0 Å². The number of fused-ring (bicyclic) bond motifs is 1. The molecule has 5 heteroatoms. The lowest BCUT2D eigenvalue weighted by molar-refractivity contribution is -0.151. The fourth-order valence-corrected chi connectivity index (χ4v) is 4.43. The first-order chi connectivity index (χ1) is 9.41. The predicted octanol–water partition coefficient (Wildman–Crippen LogP) is 3.63. The van der Waals surface area contributed by atoms with E-state index >= 15 is 0 Å². The summed E-state index contributed by atoms with van der Waals surface area (Å²) in [5, 5.41) is 1.17. The molecule has 3 atom stereocenters. The molecule has 3 nitrogen and oxygen atoms in total. The summed E-state index contributed by atoms with van der Waals surface area (Å²) >= 11 is 12.2. The number of rotatable bonds is 3. The van der Waals surface area contributed by atoms with Gasteiger partial charge in [0.25, 0.3) is 0 Å². The van der Waals surface area contributed by atoms with E-state index in [-0.39, 0.29) is 5.41 Å². The smallest absolute Gasteiger partial charge is 0.129 e. The number of hydrogen-bond donors (Lipinski definition) is 0. The third-order valence-electron chi connectivity index (χ3n) is 4.80. The zero-order valence-electron chi connectivity index (χ0n) is 12.1. The van der Waals surface area contributed by atoms with Crippen molar-refractivity contribution in [1.82, 2.24) is 9.88 Å². The molecule has 2 fully saturated rings. The van der Waals surface area contributed by atoms with Crippen molar-refractivity contribution < 1.29 is 4.74 Å². The molecular weight excluding hydrogens is 295 g/mol. The highest BCUT2D eigenvalue weighted by Gasteiger charge is 2.60. The first-order valence-corrected chi connectivity index (χ1v) is 7.79. The van der Waals surface area contributed by atoms with Gasteiger partial charge in [-0.25, -0.2) is 4.98 Å². The van der Waals surface area contributed by atoms with Gasteiger partial charge in [0.1, 0.15) is 5.15 Å². The third kappa shape index (κ3) is 2.25. The average Bonchev–Trinajstić information content (AvgIpc) is 2.79. The highest BCUT2D eigenvalue weighted by Crippen LogP contribution is 2.54. The summed E-state index contributed by atoms with van der Waals surface area (Å²) in [5.74, 6) is 0.632. The summed E-state index contributed by atoms with van der Waals surface area (Å²) in [6.45, 7) is 6.18. The van der Waals surface area contributed by atoms with Crippen molar-refractivity contribution in [3.63, 3.8) is 0 Å². The summed E-state index contributed by atoms with van der Waals surface area (Å²) in [4.78, 5) is 6.69. The van der Waals surface area contributed by atoms with Crippen LogP contribution in [0.3, 0.4) is 0 Å². The van der Waals surface area contributed by atoms with E-state index < -0.39 is 0 Å². The Labute approximate surface area is 130 Å². The van der Waals surface area contributed by atoms with Crippen molar-refractivity contribution in [2.45, 2.75) is 39.0 Å². The monoisotopic (exact) mass is 314 g/mol. The number of nitrogens with zero attached hydrogens (tertiary/aromatic N) is 2. The molecule has 3 rings (SSSR count). The van der Waals surface area contributed by atoms with E-state index in [1.54, 1.807) is 6.07 Å². The van der Waals surface area contributed by atoms with Gasteiger partial charge in [-0.15, -0.1) is 0 Å². The van der Waals surface area contributed by atoms with Gasteiger partial charge >= 0.3 is 0 Å². The normalized spacial score (nSPS) is 31.2. The van der Waals surface area contributed by atoms with Gasteiger partial charge in [-0.1, -0.05) is 37.0 Å². The minimum Gasteiger partial charge on any atom is -0.377 e. The summed E-state index contributed by atoms with van der Waals surface area (Å²) in [6, 6.07) is 4.04. The maximum absolute atomic E-state index is 6.22. The van der Waals surface area contributed by atoms with Gasteiger partial charge < -0.3 is 4.74 Å². The zero-order valence-corrected chi connectivity index (χ0v) is 13.6. The molecule has 2 aliphatic rings. The van der Waals surface area contributed by atoms with Crippen LogP contribution in [0, 0.1) is 11.3 Å². The SMILES string of the molecule is CN(Cc1nc(Cl)ccc1Cl)[C@@H]1[C@H]2CCO[C@H]2C1(C)C. The molecule has 0 N–H and O–H groups in total. The molecule has 0 unspecified atom stereocenters. The average molecular weight is 315 g/mol. The van der Waals surface area contributed by atoms with E-state index in [9.17, 15) is 0 Å². The Morgan fingerprint density at radius 1 is 1.40 bits per heavy atom. The molecule has 1 aromatic rings. The maximum atomic E-state index is 6.22. The van der Waals surface area contributed by atoms with Crippen LogP contribution in [-0.2, 0) is 11.3 Å². The molecule has 2 heterocycles. The highest BCUT2D eigenvalue weighted by molar-refractivity contribution is 6.32. The minimum absolute atomic E-state index is 0.182. The molecule has 0 amide bonds. The second-order valence-electron chi connectivity index (χ2n) is 6.49. The fourth-order valence-electron chi connectivity index (χ4n) is 4.10. The third-order valence-corrected chi connectivity index (χ3v) is 5.35. The van der Waals surface area contributed by atoms with Crippen LogP contribution in [0.4, 0.5) is 0 Å². The largest absolute Gasteiger partial charge is 0.377 e. The predicted molar refractivity (Wildman–Crippen MR) is 81.1 cm³/mol. The van der Waals surface area contributed by atoms with Crippen LogP contribution in [-0.4, -0.2) is 35.7 Å². The van der Waals surface area contributed by atoms with Gasteiger partial charge in [0.2, 0.25) is 0 Å². The Kier molecular flexibility index (Phi) is 3.74. The van der Waals surface area contributed by atoms with E-state index in [1.807, 2.05) is 6.07 Å². The first kappa shape index (κ1) is 14.6. The van der Waals surface area contributed by atoms with Crippen LogP contribution >= 0.6 is 23.2 Å². The Morgan fingerprint density at radius 2 is 2.15 bits per heavy atom. The second kappa shape index (κ2) is 5.13. The van der Waals surface area contributed by atoms with E-state index in [0.717, 1.165) is 25.3 Å². The molecular formula is C15H20Cl2N2O. The van der Waals surface area contributed by atoms with Gasteiger partial charge in [0, 0.05) is 30.5 Å². The maximum Gasteiger partial charge on any atom is 0.129 e. The molecule has 1 saturated heterocycles. The fraction of sp³-hybridized carbons (Fsp3) is 0.667. The highest BCUT2D eigenvalue weighted by atomic mass is 35.5. The van der Waals surface area contributed by atoms with Crippen LogP contribution in [0.25, 0.3) is 0 Å². The topological polar surface area (TPSA) is 25.4 Å². The summed E-state index contributed by atoms with van der Waals surface area (Å²) in [7, 11) is 2.14. The van der Waals surface area contributed by atoms with E-state index in [0.29, 0.717) is 28.2 Å². The molecule has 20 heavy (non-hydrogen) atoms. The lowest BCUT2D eigenvalue weighted by Crippen LogP contribution is -2.65. The van der Waals surface area contributed by atoms with Crippen LogP contribution in [0.15, 0.2) is 12.1 Å². The summed E-state index contributed by atoms with van der Waals surface area (Å²) in [5.41, 5.74) is 1.03. The molecule has 0 radical (unpaired) electrons. The number of hydrogen-bond acceptors (Lipinski definition) is 3. The van der Waals surface area contributed by atoms with Gasteiger partial charge in [0.05, 0.1) is 16.8 Å². The zero-order chi connectivity index (χ0) is 14.5. The molecule has 110 valence electrons. The van der Waals surface area contributed by atoms with Crippen molar-refractivity contribution in [1.29, 1.82) is 0 Å². The molecule has 0 spiro atoms. The number of pyridine rings is 1. The molecule has 0 bridgehead atoms. The molecule has 1 aliphatic carbocycles. The lowest BCUT2D eigenvalue weighted by atomic mass is 9.57. The van der Waals surface area contributed by atoms with Crippen LogP contribution in [0.2, 0.25) is 10.2 Å². The quantitative estimate of drug-likeness (QED) is 0.797. The van der Waals surface area contributed by atoms with Crippen LogP contribution in [0.1, 0.15) is 26.0 Å². The molecule has 1 aliphatic heterocycles. The van der Waals surface area contributed by atoms with Crippen molar-refractivity contribution in [2.75, 3.05) is 13.7 Å². The summed E-state index contributed by atoms with van der Waals surface area (Å²) < 4.78 is 5.85. The van der Waals surface area contributed by atoms with Crippen molar-refractivity contribution >= 4 is 23.2 Å². The lowest BCUT2D eigenvalue weighted by Gasteiger charge is -2.58. The Morgan fingerprint density at radius 3 is 2.90 bits per heavy atom. The van der Waals surface area contributed by atoms with Gasteiger partial charge in [-0.3, -0.25) is 4.90 Å². The van der Waals surface area contributed by atoms with Crippen molar-refractivity contribution in [3.05, 3.63) is 28.0 Å². The standard InChI is InChI=1S/C15H20Cl2N2O/c1-15(2)13(9-6-7-20-14(9)15)19(3)8-11-10(16)4-5-12(17)18-11/h4-5,9,13-14H,6-8H2,1-3H3/t9-,13-,14-/m1/s1. The molecule has 0 aromatic carbocycles. The van der Waals surface area contributed by atoms with Crippen LogP contribution in [0.5, 0.6) is 0 Å². The first-order valence-electron chi connectivity index (χ1n) is 7.04. The van der Waals surface area contributed by atoms with Gasteiger partial charge in [-0.05, 0) is 25.6 Å². The van der Waals surface area contributed by atoms with E-state index in [2.05, 4.69) is 30.8 Å². The Bertz CT molecular complexity index is 521. The Balaban J connectivity index is 1.76.